The number of rotatable bonds is 16. The van der Waals surface area contributed by atoms with E-state index in [1.807, 2.05) is 122 Å². The Morgan fingerprint density at radius 3 is 1.50 bits per heavy atom. The van der Waals surface area contributed by atoms with Gasteiger partial charge in [0.1, 0.15) is 22.3 Å². The van der Waals surface area contributed by atoms with E-state index in [4.69, 9.17) is 28.9 Å². The van der Waals surface area contributed by atoms with Crippen LogP contribution in [-0.4, -0.2) is 94.8 Å². The van der Waals surface area contributed by atoms with Crippen LogP contribution in [0.1, 0.15) is 99.4 Å². The molecule has 0 fully saturated rings. The summed E-state index contributed by atoms with van der Waals surface area (Å²) in [4.78, 5) is 50.2. The number of ether oxygens (including phenoxy) is 4. The van der Waals surface area contributed by atoms with Gasteiger partial charge in [-0.25, -0.2) is 35.2 Å². The highest BCUT2D eigenvalue weighted by molar-refractivity contribution is 7.13. The Bertz CT molecular complexity index is 4920. The van der Waals surface area contributed by atoms with Gasteiger partial charge in [-0.15, -0.1) is 11.3 Å². The van der Waals surface area contributed by atoms with Crippen molar-refractivity contribution in [1.29, 1.82) is 0 Å². The number of thiazole rings is 1. The van der Waals surface area contributed by atoms with Crippen LogP contribution < -0.4 is 29.7 Å². The quantitative estimate of drug-likeness (QED) is 0.0528. The van der Waals surface area contributed by atoms with Crippen molar-refractivity contribution in [3.8, 4) is 78.6 Å². The van der Waals surface area contributed by atoms with Crippen LogP contribution in [0.25, 0.3) is 55.6 Å². The third-order valence-corrected chi connectivity index (χ3v) is 17.5. The number of hydrogen-bond acceptors (Lipinski definition) is 15. The molecule has 20 heteroatoms. The molecule has 0 saturated heterocycles. The summed E-state index contributed by atoms with van der Waals surface area (Å²) < 4.78 is 23.3. The number of carbonyl (C=O) groups is 1. The molecule has 6 heterocycles. The number of carboxylic acid groups (broad SMARTS) is 1. The number of amidine groups is 1. The van der Waals surface area contributed by atoms with Crippen molar-refractivity contribution in [1.82, 2.24) is 49.9 Å². The Labute approximate surface area is 646 Å². The fraction of sp³-hybridized carbons (Fsp3) is 0.247. The van der Waals surface area contributed by atoms with E-state index in [2.05, 4.69) is 244 Å². The Hall–Kier alpha value is -12.3. The maximum Gasteiger partial charge on any atom is 0.341 e. The Morgan fingerprint density at radius 1 is 0.541 bits per heavy atom. The van der Waals surface area contributed by atoms with Crippen molar-refractivity contribution in [3.05, 3.63) is 298 Å². The molecule has 0 spiro atoms. The number of hydrogen-bond donors (Lipinski definition) is 6. The average molecular weight is 1490 g/mol. The van der Waals surface area contributed by atoms with E-state index in [-0.39, 0.29) is 6.61 Å². The lowest BCUT2D eigenvalue weighted by molar-refractivity contribution is -0.139. The highest BCUT2D eigenvalue weighted by Crippen LogP contribution is 2.31. The summed E-state index contributed by atoms with van der Waals surface area (Å²) in [6.07, 6.45) is 7.02. The number of benzene rings is 8. The van der Waals surface area contributed by atoms with Crippen LogP contribution in [-0.2, 0) is 16.7 Å². The lowest BCUT2D eigenvalue weighted by Gasteiger charge is -2.11. The number of aromatic nitrogens is 9. The topological polar surface area (TPSA) is 237 Å². The van der Waals surface area contributed by atoms with Gasteiger partial charge in [0, 0.05) is 75.1 Å². The number of nitrogens with zero attached hydrogens (tertiary/aromatic N) is 7. The molecule has 0 aliphatic carbocycles. The first kappa shape index (κ1) is 84.0. The lowest BCUT2D eigenvalue weighted by Crippen LogP contribution is -2.17. The predicted octanol–water partition coefficient (Wildman–Crippen LogP) is 20.7. The Balaban J connectivity index is 0.000000173. The number of aliphatic carboxylic acids is 1. The van der Waals surface area contributed by atoms with Gasteiger partial charge >= 0.3 is 5.97 Å². The summed E-state index contributed by atoms with van der Waals surface area (Å²) in [6, 6.07) is 59.5. The highest BCUT2D eigenvalue weighted by atomic mass is 32.1. The van der Waals surface area contributed by atoms with E-state index < -0.39 is 5.97 Å². The Kier molecular flexibility index (Phi) is 32.9. The van der Waals surface area contributed by atoms with Gasteiger partial charge in [0.25, 0.3) is 0 Å². The van der Waals surface area contributed by atoms with Gasteiger partial charge in [-0.3, -0.25) is 0 Å². The second-order valence-corrected chi connectivity index (χ2v) is 26.7. The molecule has 19 nitrogen and oxygen atoms in total. The maximum absolute atomic E-state index is 10.3. The lowest BCUT2D eigenvalue weighted by atomic mass is 10.1. The van der Waals surface area contributed by atoms with Crippen LogP contribution in [0.15, 0.2) is 224 Å². The number of H-pyrrole nitrogens is 3. The standard InChI is InChI=1S/2C12H14N2.C11H12N2O.C11H12N2.C11H17NO.C11H11NS.C11H14O4.C10H10N2O/c1-9-4-6-11(7-5-9)12-10(2)14(3)8-13-12;1-8-4-6-11(7-5-8)12-9(2)13-10(3)14-12;1-8-3-4-9(11(5-8)14-2)10-6-12-7-13-10;1-8-3-5-10(6-4-8)11-9(2)12-7-13-11;1-4-12-10-7-6-9(3)8-11(10)13-5-2;1-8-3-5-10(6-4-8)11-12-9(2)7-13-11;1-3-14-10-6-8(2)4-5-9(10)15-7-11(12)13;1-7-3-5-9(6-4-7)10-11-8(2)13-12-10/h4-8H,1-3H3;4-7H,1-3H3,(H,13,14);3-7H,1-2H3,(H,12,13);3-7H,1-2H3,(H,12,13);6-8,12H,4-5H2,1-3H3;3-7H,1-2H3;4-6H,3,7H2,1-2H3,(H,12,13);3-6H,2H2,1H3,(H,11,12). The summed E-state index contributed by atoms with van der Waals surface area (Å²) in [5.41, 5.74) is 29.1. The van der Waals surface area contributed by atoms with Crippen LogP contribution in [0.3, 0.4) is 0 Å². The van der Waals surface area contributed by atoms with E-state index in [0.717, 1.165) is 91.1 Å². The summed E-state index contributed by atoms with van der Waals surface area (Å²) in [7, 11) is 3.69. The van der Waals surface area contributed by atoms with Crippen LogP contribution in [0.4, 0.5) is 5.69 Å². The summed E-state index contributed by atoms with van der Waals surface area (Å²) in [5, 5.41) is 14.9. The molecule has 0 atom stereocenters. The van der Waals surface area contributed by atoms with E-state index in [9.17, 15) is 4.79 Å². The van der Waals surface area contributed by atoms with E-state index in [0.29, 0.717) is 36.4 Å². The monoisotopic (exact) mass is 1480 g/mol. The first-order chi connectivity index (χ1) is 52.3. The van der Waals surface area contributed by atoms with Crippen molar-refractivity contribution < 1.29 is 33.7 Å². The molecule has 109 heavy (non-hydrogen) atoms. The predicted molar refractivity (Wildman–Crippen MR) is 445 cm³/mol. The zero-order valence-electron chi connectivity index (χ0n) is 66.1. The van der Waals surface area contributed by atoms with E-state index in [1.165, 1.54) is 66.9 Å². The molecule has 0 saturated carbocycles. The number of carboxylic acids is 1. The van der Waals surface area contributed by atoms with Crippen molar-refractivity contribution in [2.45, 2.75) is 111 Å². The van der Waals surface area contributed by atoms with Gasteiger partial charge in [-0.2, -0.15) is 4.99 Å². The van der Waals surface area contributed by atoms with Crippen LogP contribution in [0.5, 0.6) is 23.0 Å². The molecule has 1 aliphatic rings. The third-order valence-electron chi connectivity index (χ3n) is 16.5. The van der Waals surface area contributed by atoms with Crippen LogP contribution in [0, 0.1) is 90.0 Å². The molecular formula is C89H104N12O7S. The third kappa shape index (κ3) is 26.9. The van der Waals surface area contributed by atoms with Gasteiger partial charge in [-0.05, 0) is 170 Å². The zero-order valence-corrected chi connectivity index (χ0v) is 66.9. The largest absolute Gasteiger partial charge is 0.496 e. The van der Waals surface area contributed by atoms with Gasteiger partial charge in [0.2, 0.25) is 5.88 Å². The first-order valence-corrected chi connectivity index (χ1v) is 36.9. The molecule has 8 aromatic carbocycles. The molecule has 13 aromatic rings. The summed E-state index contributed by atoms with van der Waals surface area (Å²) >= 11 is 1.70. The number of methoxy groups -OCH3 is 1. The molecule has 0 unspecified atom stereocenters. The summed E-state index contributed by atoms with van der Waals surface area (Å²) in [6.45, 7) is 37.9. The second kappa shape index (κ2) is 42.8. The zero-order chi connectivity index (χ0) is 78.9. The molecule has 568 valence electrons. The number of hydroxylamine groups is 1. The SMILES string of the molecule is C=C1N=C(c2ccc(C)cc2)NO1.CCNc1ccc(C)cc1OCC.CCOc1cc(C)ccc1OCC(=O)O.COc1cc(C)ccc1-c1cnc[nH]1.Cc1ccc(-c2nc(C)[nH]c2C)cc1.Cc1ccc(-c2nc(C)cs2)cc1.Cc1ccc(-c2nc[nH]c2C)cc1.Cc1ccc(-c2ncn(C)c2C)cc1. The molecule has 0 radical (unpaired) electrons. The number of aromatic amines is 3. The van der Waals surface area contributed by atoms with Gasteiger partial charge in [0.05, 0.1) is 74.0 Å². The minimum Gasteiger partial charge on any atom is -0.496 e. The number of aryl methyl sites for hydroxylation is 13. The highest BCUT2D eigenvalue weighted by Gasteiger charge is 2.14. The molecule has 0 bridgehead atoms. The minimum absolute atomic E-state index is 0.358. The van der Waals surface area contributed by atoms with Crippen molar-refractivity contribution in [2.24, 2.45) is 12.0 Å². The van der Waals surface area contributed by atoms with Crippen LogP contribution in [0.2, 0.25) is 0 Å². The smallest absolute Gasteiger partial charge is 0.341 e. The van der Waals surface area contributed by atoms with Gasteiger partial charge in [0.15, 0.2) is 23.9 Å². The number of imidazole rings is 4. The molecule has 14 rings (SSSR count). The first-order valence-electron chi connectivity index (χ1n) is 36.0. The van der Waals surface area contributed by atoms with Gasteiger partial charge in [-0.1, -0.05) is 167 Å². The Morgan fingerprint density at radius 2 is 1.05 bits per heavy atom. The van der Waals surface area contributed by atoms with E-state index in [1.54, 1.807) is 43.4 Å². The number of nitrogens with one attached hydrogen (secondary N) is 5. The fourth-order valence-electron chi connectivity index (χ4n) is 10.6. The molecule has 5 aromatic heterocycles. The molecule has 1 aliphatic heterocycles. The fourth-order valence-corrected chi connectivity index (χ4v) is 11.4. The van der Waals surface area contributed by atoms with Crippen LogP contribution >= 0.6 is 11.3 Å². The minimum atomic E-state index is -1.00. The molecular weight excluding hydrogens is 1380 g/mol. The molecule has 6 N–H and O–H groups in total. The summed E-state index contributed by atoms with van der Waals surface area (Å²) in [5.74, 6) is 3.94. The number of aliphatic imine (C=N–C) groups is 1. The maximum atomic E-state index is 10.3. The van der Waals surface area contributed by atoms with E-state index >= 15 is 0 Å². The van der Waals surface area contributed by atoms with Crippen molar-refractivity contribution in [2.75, 3.05) is 38.8 Å². The van der Waals surface area contributed by atoms with Crippen molar-refractivity contribution >= 4 is 28.8 Å². The number of anilines is 1. The second-order valence-electron chi connectivity index (χ2n) is 25.8. The molecule has 0 amide bonds. The van der Waals surface area contributed by atoms with Gasteiger partial charge < -0.3 is 53.7 Å². The normalized spacial score (nSPS) is 10.7. The average Bonchev–Trinajstić information content (AvgIpc) is 1.80. The van der Waals surface area contributed by atoms with Crippen molar-refractivity contribution in [3.63, 3.8) is 0 Å².